The van der Waals surface area contributed by atoms with Crippen molar-refractivity contribution in [1.29, 1.82) is 0 Å². The number of aromatic carboxylic acids is 1. The average molecular weight is 621 g/mol. The number of halogens is 3. The number of alkyl halides is 3. The summed E-state index contributed by atoms with van der Waals surface area (Å²) < 4.78 is 51.5. The van der Waals surface area contributed by atoms with Crippen LogP contribution >= 0.6 is 0 Å². The zero-order chi connectivity index (χ0) is 32.6. The van der Waals surface area contributed by atoms with Crippen LogP contribution in [0.25, 0.3) is 22.3 Å². The molecule has 2 atom stereocenters. The minimum Gasteiger partial charge on any atom is -0.496 e. The maximum Gasteiger partial charge on any atom is 0.416 e. The van der Waals surface area contributed by atoms with Crippen molar-refractivity contribution in [3.05, 3.63) is 94.8 Å². The third kappa shape index (κ3) is 6.26. The van der Waals surface area contributed by atoms with E-state index in [0.29, 0.717) is 28.5 Å². The number of carbonyl (C=O) groups is 2. The first-order valence-corrected chi connectivity index (χ1v) is 14.0. The van der Waals surface area contributed by atoms with Gasteiger partial charge in [-0.2, -0.15) is 13.2 Å². The Morgan fingerprint density at radius 1 is 1.07 bits per heavy atom. The Morgan fingerprint density at radius 3 is 2.47 bits per heavy atom. The first-order valence-electron chi connectivity index (χ1n) is 14.0. The normalized spacial score (nSPS) is 16.4. The van der Waals surface area contributed by atoms with Gasteiger partial charge in [-0.3, -0.25) is 4.90 Å². The number of benzene rings is 3. The van der Waals surface area contributed by atoms with Gasteiger partial charge in [-0.05, 0) is 72.5 Å². The van der Waals surface area contributed by atoms with E-state index in [0.717, 1.165) is 28.8 Å². The van der Waals surface area contributed by atoms with Gasteiger partial charge < -0.3 is 19.5 Å². The van der Waals surface area contributed by atoms with Crippen LogP contribution in [0.5, 0.6) is 5.75 Å². The molecule has 1 fully saturated rings. The van der Waals surface area contributed by atoms with Crippen molar-refractivity contribution in [1.82, 2.24) is 14.9 Å². The first-order chi connectivity index (χ1) is 21.3. The van der Waals surface area contributed by atoms with E-state index in [1.807, 2.05) is 19.1 Å². The van der Waals surface area contributed by atoms with Gasteiger partial charge in [0, 0.05) is 31.4 Å². The number of amides is 1. The maximum atomic E-state index is 13.4. The van der Waals surface area contributed by atoms with Crippen LogP contribution < -0.4 is 9.64 Å². The Morgan fingerprint density at radius 2 is 1.82 bits per heavy atom. The number of hydrogen-bond donors (Lipinski definition) is 1. The molecule has 4 aromatic rings. The molecule has 0 radical (unpaired) electrons. The minimum absolute atomic E-state index is 0.0200. The monoisotopic (exact) mass is 620 g/mol. The summed E-state index contributed by atoms with van der Waals surface area (Å²) in [5, 5.41) is 9.39. The van der Waals surface area contributed by atoms with Crippen molar-refractivity contribution < 1.29 is 37.3 Å². The molecule has 1 N–H and O–H groups in total. The molecule has 1 saturated heterocycles. The SMILES string of the molecule is COc1ccc(-c2ccc(C(=O)O)cc2C)cc1-c1cnc(N(C)C)nc1CN1C(=O)O[C@H](c2cccc(C(F)(F)F)c2)[C@@H]1C. The van der Waals surface area contributed by atoms with Gasteiger partial charge in [-0.15, -0.1) is 0 Å². The topological polar surface area (TPSA) is 105 Å². The molecule has 0 aliphatic carbocycles. The summed E-state index contributed by atoms with van der Waals surface area (Å²) in [6, 6.07) is 14.6. The van der Waals surface area contributed by atoms with E-state index in [-0.39, 0.29) is 17.7 Å². The lowest BCUT2D eigenvalue weighted by atomic mass is 9.94. The van der Waals surface area contributed by atoms with Gasteiger partial charge in [-0.25, -0.2) is 19.6 Å². The average Bonchev–Trinajstić information content (AvgIpc) is 3.28. The minimum atomic E-state index is -4.54. The highest BCUT2D eigenvalue weighted by Crippen LogP contribution is 2.40. The maximum absolute atomic E-state index is 13.4. The molecule has 0 unspecified atom stereocenters. The highest BCUT2D eigenvalue weighted by molar-refractivity contribution is 5.89. The summed E-state index contributed by atoms with van der Waals surface area (Å²) in [5.41, 5.74) is 3.64. The van der Waals surface area contributed by atoms with Crippen molar-refractivity contribution >= 4 is 18.0 Å². The van der Waals surface area contributed by atoms with Crippen molar-refractivity contribution in [2.24, 2.45) is 0 Å². The smallest absolute Gasteiger partial charge is 0.416 e. The summed E-state index contributed by atoms with van der Waals surface area (Å²) in [6.45, 7) is 3.52. The van der Waals surface area contributed by atoms with E-state index in [9.17, 15) is 27.9 Å². The quantitative estimate of drug-likeness (QED) is 0.225. The zero-order valence-electron chi connectivity index (χ0n) is 25.2. The molecule has 1 aromatic heterocycles. The van der Waals surface area contributed by atoms with Gasteiger partial charge in [0.05, 0.1) is 36.5 Å². The number of carboxylic acid groups (broad SMARTS) is 1. The van der Waals surface area contributed by atoms with Crippen molar-refractivity contribution in [2.75, 3.05) is 26.1 Å². The lowest BCUT2D eigenvalue weighted by molar-refractivity contribution is -0.137. The standard InChI is InChI=1S/C33H31F3N4O5/c1-18-13-22(30(41)42)9-11-24(18)20-10-12-28(44-5)25(15-20)26-16-37-31(39(3)4)38-27(26)17-40-19(2)29(45-32(40)43)21-7-6-8-23(14-21)33(34,35)36/h6-16,19,29H,17H2,1-5H3,(H,41,42)/t19-,29-/m0/s1. The molecule has 45 heavy (non-hydrogen) atoms. The van der Waals surface area contributed by atoms with E-state index in [1.165, 1.54) is 30.2 Å². The molecular weight excluding hydrogens is 589 g/mol. The van der Waals surface area contributed by atoms with Crippen molar-refractivity contribution in [2.45, 2.75) is 38.7 Å². The number of aromatic nitrogens is 2. The van der Waals surface area contributed by atoms with Gasteiger partial charge in [0.1, 0.15) is 11.9 Å². The molecule has 1 amide bonds. The molecule has 5 rings (SSSR count). The van der Waals surface area contributed by atoms with E-state index >= 15 is 0 Å². The fraction of sp³-hybridized carbons (Fsp3) is 0.273. The molecular formula is C33H31F3N4O5. The molecule has 1 aliphatic rings. The molecule has 234 valence electrons. The van der Waals surface area contributed by atoms with Crippen molar-refractivity contribution in [3.63, 3.8) is 0 Å². The van der Waals surface area contributed by atoms with E-state index < -0.39 is 35.9 Å². The van der Waals surface area contributed by atoms with Crippen LogP contribution in [-0.4, -0.2) is 59.3 Å². The Kier molecular flexibility index (Phi) is 8.42. The lowest BCUT2D eigenvalue weighted by Crippen LogP contribution is -2.32. The number of anilines is 1. The number of methoxy groups -OCH3 is 1. The number of hydrogen-bond acceptors (Lipinski definition) is 7. The Hall–Kier alpha value is -5.13. The zero-order valence-corrected chi connectivity index (χ0v) is 25.2. The Labute approximate surface area is 257 Å². The third-order valence-electron chi connectivity index (χ3n) is 7.78. The highest BCUT2D eigenvalue weighted by Gasteiger charge is 2.41. The predicted octanol–water partition coefficient (Wildman–Crippen LogP) is 6.99. The summed E-state index contributed by atoms with van der Waals surface area (Å²) in [7, 11) is 5.08. The van der Waals surface area contributed by atoms with Crippen LogP contribution in [-0.2, 0) is 17.5 Å². The van der Waals surface area contributed by atoms with E-state index in [2.05, 4.69) is 4.98 Å². The molecule has 12 heteroatoms. The third-order valence-corrected chi connectivity index (χ3v) is 7.78. The fourth-order valence-electron chi connectivity index (χ4n) is 5.39. The first kappa shape index (κ1) is 31.3. The van der Waals surface area contributed by atoms with Crippen LogP contribution in [0.1, 0.15) is 45.8 Å². The predicted molar refractivity (Wildman–Crippen MR) is 161 cm³/mol. The number of ether oxygens (including phenoxy) is 2. The molecule has 9 nitrogen and oxygen atoms in total. The summed E-state index contributed by atoms with van der Waals surface area (Å²) in [5.74, 6) is -0.119. The lowest BCUT2D eigenvalue weighted by Gasteiger charge is -2.23. The van der Waals surface area contributed by atoms with Crippen LogP contribution in [0.15, 0.2) is 66.9 Å². The van der Waals surface area contributed by atoms with Gasteiger partial charge in [0.2, 0.25) is 5.95 Å². The number of cyclic esters (lactones) is 1. The molecule has 1 aliphatic heterocycles. The summed E-state index contributed by atoms with van der Waals surface area (Å²) >= 11 is 0. The van der Waals surface area contributed by atoms with Gasteiger partial charge in [0.25, 0.3) is 0 Å². The van der Waals surface area contributed by atoms with Crippen LogP contribution in [0.3, 0.4) is 0 Å². The fourth-order valence-corrected chi connectivity index (χ4v) is 5.39. The molecule has 0 bridgehead atoms. The Balaban J connectivity index is 1.55. The number of carbonyl (C=O) groups excluding carboxylic acids is 1. The molecule has 0 saturated carbocycles. The van der Waals surface area contributed by atoms with Gasteiger partial charge in [-0.1, -0.05) is 24.3 Å². The van der Waals surface area contributed by atoms with Crippen molar-refractivity contribution in [3.8, 4) is 28.0 Å². The molecule has 0 spiro atoms. The molecule has 2 heterocycles. The van der Waals surface area contributed by atoms with Gasteiger partial charge >= 0.3 is 18.2 Å². The number of nitrogens with zero attached hydrogens (tertiary/aromatic N) is 4. The second-order valence-corrected chi connectivity index (χ2v) is 11.0. The number of rotatable bonds is 8. The molecule has 3 aromatic carbocycles. The van der Waals surface area contributed by atoms with E-state index in [4.69, 9.17) is 14.5 Å². The van der Waals surface area contributed by atoms with E-state index in [1.54, 1.807) is 50.3 Å². The van der Waals surface area contributed by atoms with Gasteiger partial charge in [0.15, 0.2) is 0 Å². The van der Waals surface area contributed by atoms with Crippen LogP contribution in [0.4, 0.5) is 23.9 Å². The second kappa shape index (κ2) is 12.1. The second-order valence-electron chi connectivity index (χ2n) is 11.0. The Bertz CT molecular complexity index is 1780. The number of aryl methyl sites for hydroxylation is 1. The summed E-state index contributed by atoms with van der Waals surface area (Å²) in [6.07, 6.45) is -4.51. The largest absolute Gasteiger partial charge is 0.496 e. The van der Waals surface area contributed by atoms with Crippen LogP contribution in [0, 0.1) is 6.92 Å². The highest BCUT2D eigenvalue weighted by atomic mass is 19.4. The summed E-state index contributed by atoms with van der Waals surface area (Å²) in [4.78, 5) is 37.0. The number of carboxylic acids is 1. The van der Waals surface area contributed by atoms with Crippen LogP contribution in [0.2, 0.25) is 0 Å².